The van der Waals surface area contributed by atoms with Crippen LogP contribution in [0.25, 0.3) is 0 Å². The second kappa shape index (κ2) is 4.43. The molecule has 2 N–H and O–H groups in total. The van der Waals surface area contributed by atoms with Gasteiger partial charge in [0.1, 0.15) is 5.82 Å². The summed E-state index contributed by atoms with van der Waals surface area (Å²) in [6.07, 6.45) is 0.461. The summed E-state index contributed by atoms with van der Waals surface area (Å²) < 4.78 is 26.1. The molecule has 0 atom stereocenters. The average Bonchev–Trinajstić information content (AvgIpc) is 2.28. The van der Waals surface area contributed by atoms with E-state index in [0.29, 0.717) is 11.8 Å². The summed E-state index contributed by atoms with van der Waals surface area (Å²) in [5.74, 6) is -1.69. The molecular weight excluding hydrogens is 226 g/mol. The summed E-state index contributed by atoms with van der Waals surface area (Å²) in [5.41, 5.74) is 6.51. The maximum absolute atomic E-state index is 13.0. The van der Waals surface area contributed by atoms with Gasteiger partial charge < -0.3 is 10.6 Å². The molecule has 1 aliphatic rings. The van der Waals surface area contributed by atoms with E-state index in [2.05, 4.69) is 9.97 Å². The maximum Gasteiger partial charge on any atom is 0.251 e. The molecule has 1 aromatic heterocycles. The average molecular weight is 242 g/mol. The van der Waals surface area contributed by atoms with Crippen LogP contribution in [0.1, 0.15) is 25.5 Å². The van der Waals surface area contributed by atoms with E-state index in [9.17, 15) is 8.78 Å². The third kappa shape index (κ3) is 2.81. The van der Waals surface area contributed by atoms with Gasteiger partial charge in [-0.15, -0.1) is 0 Å². The molecule has 4 nitrogen and oxygen atoms in total. The van der Waals surface area contributed by atoms with Crippen LogP contribution in [-0.2, 0) is 6.42 Å². The first kappa shape index (κ1) is 12.0. The standard InChI is InChI=1S/C11H16F2N4/c1-2-8-7-9(14)16-10(15-8)17-5-3-11(12,13)4-6-17/h7H,2-6H2,1H3,(H2,14,15,16). The summed E-state index contributed by atoms with van der Waals surface area (Å²) in [6.45, 7) is 2.52. The van der Waals surface area contributed by atoms with Crippen molar-refractivity contribution >= 4 is 11.8 Å². The Labute approximate surface area is 98.9 Å². The van der Waals surface area contributed by atoms with Crippen LogP contribution in [0.3, 0.4) is 0 Å². The first-order chi connectivity index (χ1) is 8.00. The third-order valence-corrected chi connectivity index (χ3v) is 2.93. The molecule has 1 saturated heterocycles. The predicted molar refractivity (Wildman–Crippen MR) is 62.2 cm³/mol. The minimum absolute atomic E-state index is 0.146. The number of nitrogens with zero attached hydrogens (tertiary/aromatic N) is 3. The van der Waals surface area contributed by atoms with Crippen LogP contribution in [0, 0.1) is 0 Å². The van der Waals surface area contributed by atoms with Gasteiger partial charge >= 0.3 is 0 Å². The van der Waals surface area contributed by atoms with Crippen molar-refractivity contribution in [1.29, 1.82) is 0 Å². The van der Waals surface area contributed by atoms with Crippen LogP contribution < -0.4 is 10.6 Å². The summed E-state index contributed by atoms with van der Waals surface area (Å²) >= 11 is 0. The Morgan fingerprint density at radius 2 is 2.00 bits per heavy atom. The molecule has 0 radical (unpaired) electrons. The Morgan fingerprint density at radius 1 is 1.35 bits per heavy atom. The predicted octanol–water partition coefficient (Wildman–Crippen LogP) is 1.86. The maximum atomic E-state index is 13.0. The quantitative estimate of drug-likeness (QED) is 0.860. The lowest BCUT2D eigenvalue weighted by atomic mass is 10.1. The zero-order valence-corrected chi connectivity index (χ0v) is 9.79. The van der Waals surface area contributed by atoms with Crippen molar-refractivity contribution in [3.8, 4) is 0 Å². The highest BCUT2D eigenvalue weighted by molar-refractivity contribution is 5.41. The molecule has 2 rings (SSSR count). The highest BCUT2D eigenvalue weighted by Gasteiger charge is 2.34. The van der Waals surface area contributed by atoms with Gasteiger partial charge in [0.25, 0.3) is 5.92 Å². The lowest BCUT2D eigenvalue weighted by Crippen LogP contribution is -2.40. The smallest absolute Gasteiger partial charge is 0.251 e. The zero-order chi connectivity index (χ0) is 12.5. The van der Waals surface area contributed by atoms with Gasteiger partial charge in [-0.2, -0.15) is 4.98 Å². The number of aromatic nitrogens is 2. The van der Waals surface area contributed by atoms with Crippen LogP contribution in [-0.4, -0.2) is 29.0 Å². The van der Waals surface area contributed by atoms with Gasteiger partial charge in [0.05, 0.1) is 0 Å². The number of rotatable bonds is 2. The van der Waals surface area contributed by atoms with E-state index < -0.39 is 5.92 Å². The fourth-order valence-corrected chi connectivity index (χ4v) is 1.86. The first-order valence-corrected chi connectivity index (χ1v) is 5.76. The van der Waals surface area contributed by atoms with E-state index in [-0.39, 0.29) is 25.9 Å². The van der Waals surface area contributed by atoms with Crippen molar-refractivity contribution in [3.63, 3.8) is 0 Å². The Morgan fingerprint density at radius 3 is 2.59 bits per heavy atom. The molecule has 0 aromatic carbocycles. The fourth-order valence-electron chi connectivity index (χ4n) is 1.86. The summed E-state index contributed by atoms with van der Waals surface area (Å²) in [5, 5.41) is 0. The second-order valence-electron chi connectivity index (χ2n) is 4.28. The van der Waals surface area contributed by atoms with E-state index in [1.165, 1.54) is 0 Å². The zero-order valence-electron chi connectivity index (χ0n) is 9.79. The van der Waals surface area contributed by atoms with Crippen LogP contribution in [0.2, 0.25) is 0 Å². The fraction of sp³-hybridized carbons (Fsp3) is 0.636. The number of alkyl halides is 2. The molecule has 2 heterocycles. The Kier molecular flexibility index (Phi) is 3.13. The van der Waals surface area contributed by atoms with Crippen molar-refractivity contribution < 1.29 is 8.78 Å². The second-order valence-corrected chi connectivity index (χ2v) is 4.28. The molecule has 1 aromatic rings. The molecule has 1 aliphatic heterocycles. The molecule has 6 heteroatoms. The lowest BCUT2D eigenvalue weighted by Gasteiger charge is -2.31. The molecule has 0 saturated carbocycles. The van der Waals surface area contributed by atoms with Gasteiger partial charge in [-0.1, -0.05) is 6.92 Å². The highest BCUT2D eigenvalue weighted by atomic mass is 19.3. The number of nitrogens with two attached hydrogens (primary N) is 1. The van der Waals surface area contributed by atoms with Crippen LogP contribution >= 0.6 is 0 Å². The van der Waals surface area contributed by atoms with E-state index >= 15 is 0 Å². The Bertz CT molecular complexity index is 398. The molecule has 94 valence electrons. The van der Waals surface area contributed by atoms with Gasteiger partial charge in [-0.05, 0) is 6.42 Å². The molecular formula is C11H16F2N4. The van der Waals surface area contributed by atoms with Crippen molar-refractivity contribution in [2.75, 3.05) is 23.7 Å². The van der Waals surface area contributed by atoms with Gasteiger partial charge in [0.15, 0.2) is 0 Å². The molecule has 17 heavy (non-hydrogen) atoms. The summed E-state index contributed by atoms with van der Waals surface area (Å²) in [7, 11) is 0. The SMILES string of the molecule is CCc1cc(N)nc(N2CCC(F)(F)CC2)n1. The molecule has 0 unspecified atom stereocenters. The van der Waals surface area contributed by atoms with E-state index in [0.717, 1.165) is 12.1 Å². The summed E-state index contributed by atoms with van der Waals surface area (Å²) in [6, 6.07) is 1.71. The first-order valence-electron chi connectivity index (χ1n) is 5.76. The van der Waals surface area contributed by atoms with Gasteiger partial charge in [-0.25, -0.2) is 13.8 Å². The molecule has 0 amide bonds. The number of hydrogen-bond donors (Lipinski definition) is 1. The van der Waals surface area contributed by atoms with E-state index in [1.54, 1.807) is 11.0 Å². The normalized spacial score (nSPS) is 19.4. The van der Waals surface area contributed by atoms with Gasteiger partial charge in [0.2, 0.25) is 5.95 Å². The highest BCUT2D eigenvalue weighted by Crippen LogP contribution is 2.29. The lowest BCUT2D eigenvalue weighted by molar-refractivity contribution is -0.0222. The third-order valence-electron chi connectivity index (χ3n) is 2.93. The van der Waals surface area contributed by atoms with Crippen molar-refractivity contribution in [1.82, 2.24) is 9.97 Å². The van der Waals surface area contributed by atoms with Crippen molar-refractivity contribution in [2.45, 2.75) is 32.1 Å². The van der Waals surface area contributed by atoms with Crippen LogP contribution in [0.15, 0.2) is 6.07 Å². The summed E-state index contributed by atoms with van der Waals surface area (Å²) in [4.78, 5) is 10.2. The van der Waals surface area contributed by atoms with Crippen LogP contribution in [0.5, 0.6) is 0 Å². The molecule has 0 spiro atoms. The minimum atomic E-state index is -2.55. The van der Waals surface area contributed by atoms with E-state index in [1.807, 2.05) is 6.92 Å². The topological polar surface area (TPSA) is 55.0 Å². The van der Waals surface area contributed by atoms with Crippen LogP contribution in [0.4, 0.5) is 20.5 Å². The number of hydrogen-bond acceptors (Lipinski definition) is 4. The largest absolute Gasteiger partial charge is 0.384 e. The van der Waals surface area contributed by atoms with E-state index in [4.69, 9.17) is 5.73 Å². The van der Waals surface area contributed by atoms with Gasteiger partial charge in [-0.3, -0.25) is 0 Å². The molecule has 1 fully saturated rings. The molecule has 0 bridgehead atoms. The Hall–Kier alpha value is -1.46. The van der Waals surface area contributed by atoms with Crippen molar-refractivity contribution in [2.24, 2.45) is 0 Å². The number of nitrogen functional groups attached to an aromatic ring is 1. The molecule has 0 aliphatic carbocycles. The van der Waals surface area contributed by atoms with Crippen molar-refractivity contribution in [3.05, 3.63) is 11.8 Å². The van der Waals surface area contributed by atoms with Gasteiger partial charge in [0, 0.05) is 37.7 Å². The Balaban J connectivity index is 2.15. The number of piperidine rings is 1. The minimum Gasteiger partial charge on any atom is -0.384 e. The number of aryl methyl sites for hydroxylation is 1. The number of halogens is 2. The monoisotopic (exact) mass is 242 g/mol. The number of anilines is 2.